The molecule has 1 saturated heterocycles. The lowest BCUT2D eigenvalue weighted by molar-refractivity contribution is -0.135. The van der Waals surface area contributed by atoms with Gasteiger partial charge in [-0.05, 0) is 19.3 Å². The lowest BCUT2D eigenvalue weighted by atomic mass is 9.88. The summed E-state index contributed by atoms with van der Waals surface area (Å²) in [5.41, 5.74) is 0. The standard InChI is InChI=1S/C16H27ClN4O/c1-12(17)10-19-16(18-2)20-14-8-9-21(11-14)15(22)13-6-4-3-5-7-13/h13-14H,1,3-11H2,2H3,(H2,18,19,20). The molecule has 1 amide bonds. The molecule has 1 saturated carbocycles. The highest BCUT2D eigenvalue weighted by molar-refractivity contribution is 6.29. The Morgan fingerprint density at radius 3 is 2.68 bits per heavy atom. The number of likely N-dealkylation sites (tertiary alicyclic amines) is 1. The highest BCUT2D eigenvalue weighted by Gasteiger charge is 2.31. The van der Waals surface area contributed by atoms with Crippen molar-refractivity contribution in [3.8, 4) is 0 Å². The Morgan fingerprint density at radius 2 is 2.05 bits per heavy atom. The second-order valence-electron chi connectivity index (χ2n) is 6.19. The van der Waals surface area contributed by atoms with Crippen LogP contribution in [0.1, 0.15) is 38.5 Å². The molecule has 2 fully saturated rings. The summed E-state index contributed by atoms with van der Waals surface area (Å²) in [5, 5.41) is 7.01. The molecule has 22 heavy (non-hydrogen) atoms. The molecule has 5 nitrogen and oxygen atoms in total. The van der Waals surface area contributed by atoms with Crippen LogP contribution in [0.15, 0.2) is 16.6 Å². The number of guanidine groups is 1. The molecule has 2 rings (SSSR count). The van der Waals surface area contributed by atoms with Crippen LogP contribution in [-0.4, -0.2) is 49.5 Å². The van der Waals surface area contributed by atoms with Crippen molar-refractivity contribution in [2.75, 3.05) is 26.7 Å². The number of nitrogens with one attached hydrogen (secondary N) is 2. The number of carbonyl (C=O) groups excluding carboxylic acids is 1. The van der Waals surface area contributed by atoms with E-state index in [1.165, 1.54) is 19.3 Å². The second kappa shape index (κ2) is 8.42. The zero-order valence-corrected chi connectivity index (χ0v) is 14.2. The van der Waals surface area contributed by atoms with Crippen molar-refractivity contribution in [2.45, 2.75) is 44.6 Å². The van der Waals surface area contributed by atoms with E-state index in [1.54, 1.807) is 7.05 Å². The summed E-state index contributed by atoms with van der Waals surface area (Å²) < 4.78 is 0. The first-order valence-electron chi connectivity index (χ1n) is 8.19. The Kier molecular flexibility index (Phi) is 6.55. The average Bonchev–Trinajstić information content (AvgIpc) is 3.00. The number of hydrogen-bond donors (Lipinski definition) is 2. The minimum Gasteiger partial charge on any atom is -0.352 e. The Balaban J connectivity index is 1.79. The smallest absolute Gasteiger partial charge is 0.225 e. The van der Waals surface area contributed by atoms with E-state index in [0.29, 0.717) is 23.4 Å². The van der Waals surface area contributed by atoms with Gasteiger partial charge >= 0.3 is 0 Å². The molecule has 1 aliphatic heterocycles. The normalized spacial score (nSPS) is 23.5. The van der Waals surface area contributed by atoms with Crippen LogP contribution >= 0.6 is 11.6 Å². The van der Waals surface area contributed by atoms with E-state index < -0.39 is 0 Å². The van der Waals surface area contributed by atoms with Crippen LogP contribution in [0.4, 0.5) is 0 Å². The van der Waals surface area contributed by atoms with Gasteiger partial charge in [-0.1, -0.05) is 37.4 Å². The summed E-state index contributed by atoms with van der Waals surface area (Å²) in [6, 6.07) is 0.252. The van der Waals surface area contributed by atoms with Crippen molar-refractivity contribution in [2.24, 2.45) is 10.9 Å². The van der Waals surface area contributed by atoms with Gasteiger partial charge in [0.25, 0.3) is 0 Å². The third kappa shape index (κ3) is 4.90. The van der Waals surface area contributed by atoms with E-state index in [4.69, 9.17) is 11.6 Å². The molecule has 0 aromatic carbocycles. The minimum atomic E-state index is 0.252. The van der Waals surface area contributed by atoms with E-state index in [1.807, 2.05) is 4.90 Å². The van der Waals surface area contributed by atoms with Crippen molar-refractivity contribution in [1.82, 2.24) is 15.5 Å². The highest BCUT2D eigenvalue weighted by Crippen LogP contribution is 2.26. The first kappa shape index (κ1) is 17.1. The molecule has 6 heteroatoms. The fourth-order valence-electron chi connectivity index (χ4n) is 3.25. The molecule has 1 heterocycles. The first-order valence-corrected chi connectivity index (χ1v) is 8.57. The van der Waals surface area contributed by atoms with E-state index in [2.05, 4.69) is 22.2 Å². The van der Waals surface area contributed by atoms with E-state index >= 15 is 0 Å². The molecule has 0 radical (unpaired) electrons. The third-order valence-corrected chi connectivity index (χ3v) is 4.60. The van der Waals surface area contributed by atoms with E-state index in [-0.39, 0.29) is 12.0 Å². The Morgan fingerprint density at radius 1 is 1.32 bits per heavy atom. The Labute approximate surface area is 138 Å². The van der Waals surface area contributed by atoms with Crippen LogP contribution in [0, 0.1) is 5.92 Å². The lowest BCUT2D eigenvalue weighted by Crippen LogP contribution is -2.45. The maximum Gasteiger partial charge on any atom is 0.225 e. The molecular weight excluding hydrogens is 300 g/mol. The van der Waals surface area contributed by atoms with Crippen molar-refractivity contribution in [3.05, 3.63) is 11.6 Å². The number of rotatable bonds is 4. The van der Waals surface area contributed by atoms with Gasteiger partial charge in [-0.3, -0.25) is 9.79 Å². The molecule has 0 spiro atoms. The number of amides is 1. The molecule has 1 atom stereocenters. The molecule has 2 aliphatic rings. The lowest BCUT2D eigenvalue weighted by Gasteiger charge is -2.26. The summed E-state index contributed by atoms with van der Waals surface area (Å²) in [6.07, 6.45) is 6.77. The van der Waals surface area contributed by atoms with Gasteiger partial charge in [0.15, 0.2) is 5.96 Å². The van der Waals surface area contributed by atoms with Gasteiger partial charge in [-0.2, -0.15) is 0 Å². The topological polar surface area (TPSA) is 56.7 Å². The molecule has 124 valence electrons. The predicted molar refractivity (Wildman–Crippen MR) is 91.1 cm³/mol. The molecule has 1 unspecified atom stereocenters. The zero-order chi connectivity index (χ0) is 15.9. The van der Waals surface area contributed by atoms with Crippen molar-refractivity contribution in [1.29, 1.82) is 0 Å². The third-order valence-electron chi connectivity index (χ3n) is 4.47. The van der Waals surface area contributed by atoms with Gasteiger partial charge in [-0.15, -0.1) is 0 Å². The molecular formula is C16H27ClN4O. The average molecular weight is 327 g/mol. The number of nitrogens with zero attached hydrogens (tertiary/aromatic N) is 2. The van der Waals surface area contributed by atoms with Crippen LogP contribution in [-0.2, 0) is 4.79 Å². The molecule has 0 aromatic heterocycles. The Hall–Kier alpha value is -1.23. The van der Waals surface area contributed by atoms with Gasteiger partial charge in [0.1, 0.15) is 0 Å². The van der Waals surface area contributed by atoms with Crippen LogP contribution in [0.3, 0.4) is 0 Å². The SMILES string of the molecule is C=C(Cl)CNC(=NC)NC1CCN(C(=O)C2CCCCC2)C1. The summed E-state index contributed by atoms with van der Waals surface area (Å²) >= 11 is 5.75. The van der Waals surface area contributed by atoms with Crippen LogP contribution in [0.25, 0.3) is 0 Å². The predicted octanol–water partition coefficient (Wildman–Crippen LogP) is 2.09. The fourth-order valence-corrected chi connectivity index (χ4v) is 3.32. The van der Waals surface area contributed by atoms with Gasteiger partial charge in [0.05, 0.1) is 6.54 Å². The van der Waals surface area contributed by atoms with Gasteiger partial charge in [0, 0.05) is 37.1 Å². The minimum absolute atomic E-state index is 0.252. The second-order valence-corrected chi connectivity index (χ2v) is 6.73. The number of halogens is 1. The quantitative estimate of drug-likeness (QED) is 0.614. The largest absolute Gasteiger partial charge is 0.352 e. The maximum atomic E-state index is 12.5. The van der Waals surface area contributed by atoms with Gasteiger partial charge in [0.2, 0.25) is 5.91 Å². The van der Waals surface area contributed by atoms with E-state index in [9.17, 15) is 4.79 Å². The summed E-state index contributed by atoms with van der Waals surface area (Å²) in [6.45, 7) is 5.73. The zero-order valence-electron chi connectivity index (χ0n) is 13.4. The van der Waals surface area contributed by atoms with Crippen LogP contribution in [0.5, 0.6) is 0 Å². The molecule has 0 aromatic rings. The summed E-state index contributed by atoms with van der Waals surface area (Å²) in [4.78, 5) is 18.7. The van der Waals surface area contributed by atoms with Gasteiger partial charge < -0.3 is 15.5 Å². The molecule has 2 N–H and O–H groups in total. The van der Waals surface area contributed by atoms with Crippen molar-refractivity contribution >= 4 is 23.5 Å². The van der Waals surface area contributed by atoms with Crippen LogP contribution in [0.2, 0.25) is 0 Å². The van der Waals surface area contributed by atoms with Crippen LogP contribution < -0.4 is 10.6 Å². The molecule has 1 aliphatic carbocycles. The highest BCUT2D eigenvalue weighted by atomic mass is 35.5. The summed E-state index contributed by atoms with van der Waals surface area (Å²) in [7, 11) is 1.73. The summed E-state index contributed by atoms with van der Waals surface area (Å²) in [5.74, 6) is 1.31. The molecule has 0 bridgehead atoms. The number of hydrogen-bond acceptors (Lipinski definition) is 2. The van der Waals surface area contributed by atoms with Crippen molar-refractivity contribution in [3.63, 3.8) is 0 Å². The fraction of sp³-hybridized carbons (Fsp3) is 0.750. The monoisotopic (exact) mass is 326 g/mol. The van der Waals surface area contributed by atoms with Crippen molar-refractivity contribution < 1.29 is 4.79 Å². The maximum absolute atomic E-state index is 12.5. The van der Waals surface area contributed by atoms with Gasteiger partial charge in [-0.25, -0.2) is 0 Å². The van der Waals surface area contributed by atoms with E-state index in [0.717, 1.165) is 32.4 Å². The number of carbonyl (C=O) groups is 1. The Bertz CT molecular complexity index is 432. The number of aliphatic imine (C=N–C) groups is 1. The first-order chi connectivity index (χ1) is 10.6.